The zero-order valence-corrected chi connectivity index (χ0v) is 15.3. The van der Waals surface area contributed by atoms with E-state index in [9.17, 15) is 0 Å². The summed E-state index contributed by atoms with van der Waals surface area (Å²) in [6, 6.07) is 0. The van der Waals surface area contributed by atoms with E-state index in [2.05, 4.69) is 41.0 Å². The molecule has 6 nitrogen and oxygen atoms in total. The van der Waals surface area contributed by atoms with Gasteiger partial charge < -0.3 is 19.7 Å². The van der Waals surface area contributed by atoms with Crippen LogP contribution in [0, 0.1) is 11.8 Å². The van der Waals surface area contributed by atoms with Crippen LogP contribution in [0.5, 0.6) is 0 Å². The van der Waals surface area contributed by atoms with Gasteiger partial charge >= 0.3 is 0 Å². The lowest BCUT2D eigenvalue weighted by molar-refractivity contribution is -0.0286. The zero-order chi connectivity index (χ0) is 16.7. The minimum atomic E-state index is 0.238. The fourth-order valence-corrected chi connectivity index (χ4v) is 3.38. The van der Waals surface area contributed by atoms with E-state index in [0.29, 0.717) is 11.8 Å². The molecule has 0 aliphatic carbocycles. The first kappa shape index (κ1) is 18.5. The number of nitrogens with zero attached hydrogens (tertiary/aromatic N) is 3. The normalized spacial score (nSPS) is 26.7. The van der Waals surface area contributed by atoms with Gasteiger partial charge in [0.15, 0.2) is 5.96 Å². The SMILES string of the molecule is CN=C(NCC1CN(CC(C)C)CCO1)N(C)CC1CCOC1. The smallest absolute Gasteiger partial charge is 0.193 e. The minimum Gasteiger partial charge on any atom is -0.381 e. The van der Waals surface area contributed by atoms with E-state index in [4.69, 9.17) is 9.47 Å². The molecule has 2 aliphatic heterocycles. The van der Waals surface area contributed by atoms with Gasteiger partial charge in [-0.2, -0.15) is 0 Å². The first-order valence-electron chi connectivity index (χ1n) is 8.92. The molecule has 0 spiro atoms. The number of aliphatic imine (C=N–C) groups is 1. The highest BCUT2D eigenvalue weighted by Gasteiger charge is 2.23. The van der Waals surface area contributed by atoms with Crippen LogP contribution in [0.3, 0.4) is 0 Å². The Morgan fingerprint density at radius 1 is 1.39 bits per heavy atom. The molecule has 0 saturated carbocycles. The second-order valence-electron chi connectivity index (χ2n) is 7.18. The van der Waals surface area contributed by atoms with Crippen LogP contribution in [-0.2, 0) is 9.47 Å². The van der Waals surface area contributed by atoms with Crippen LogP contribution in [0.25, 0.3) is 0 Å². The van der Waals surface area contributed by atoms with E-state index in [1.54, 1.807) is 0 Å². The van der Waals surface area contributed by atoms with Crippen molar-refractivity contribution in [2.75, 3.05) is 66.6 Å². The number of guanidine groups is 1. The van der Waals surface area contributed by atoms with E-state index in [1.807, 2.05) is 7.05 Å². The molecule has 2 atom stereocenters. The molecule has 0 amide bonds. The van der Waals surface area contributed by atoms with Gasteiger partial charge in [-0.15, -0.1) is 0 Å². The van der Waals surface area contributed by atoms with E-state index in [1.165, 1.54) is 0 Å². The van der Waals surface area contributed by atoms with Gasteiger partial charge in [-0.25, -0.2) is 0 Å². The van der Waals surface area contributed by atoms with Crippen molar-refractivity contribution >= 4 is 5.96 Å². The molecule has 2 rings (SSSR count). The summed E-state index contributed by atoms with van der Waals surface area (Å²) < 4.78 is 11.4. The van der Waals surface area contributed by atoms with E-state index in [-0.39, 0.29) is 6.10 Å². The van der Waals surface area contributed by atoms with Crippen molar-refractivity contribution in [3.63, 3.8) is 0 Å². The molecular formula is C17H34N4O2. The van der Waals surface area contributed by atoms with Crippen LogP contribution in [0.2, 0.25) is 0 Å². The Morgan fingerprint density at radius 2 is 2.22 bits per heavy atom. The van der Waals surface area contributed by atoms with Crippen molar-refractivity contribution in [2.24, 2.45) is 16.8 Å². The number of ether oxygens (including phenoxy) is 2. The molecule has 2 fully saturated rings. The lowest BCUT2D eigenvalue weighted by Gasteiger charge is -2.34. The average Bonchev–Trinajstić information content (AvgIpc) is 3.00. The molecule has 0 aromatic heterocycles. The Hall–Kier alpha value is -0.850. The Bertz CT molecular complexity index is 370. The first-order chi connectivity index (χ1) is 11.1. The quantitative estimate of drug-likeness (QED) is 0.580. The molecule has 0 radical (unpaired) electrons. The molecule has 0 bridgehead atoms. The maximum atomic E-state index is 5.90. The fraction of sp³-hybridized carbons (Fsp3) is 0.941. The van der Waals surface area contributed by atoms with Crippen molar-refractivity contribution in [3.05, 3.63) is 0 Å². The maximum Gasteiger partial charge on any atom is 0.193 e. The molecular weight excluding hydrogens is 292 g/mol. The molecule has 2 saturated heterocycles. The van der Waals surface area contributed by atoms with Gasteiger partial charge in [-0.05, 0) is 12.3 Å². The van der Waals surface area contributed by atoms with E-state index in [0.717, 1.165) is 64.9 Å². The molecule has 1 N–H and O–H groups in total. The van der Waals surface area contributed by atoms with Crippen molar-refractivity contribution < 1.29 is 9.47 Å². The van der Waals surface area contributed by atoms with Crippen molar-refractivity contribution in [1.29, 1.82) is 0 Å². The summed E-state index contributed by atoms with van der Waals surface area (Å²) in [4.78, 5) is 9.11. The van der Waals surface area contributed by atoms with Crippen molar-refractivity contribution in [1.82, 2.24) is 15.1 Å². The Balaban J connectivity index is 1.73. The van der Waals surface area contributed by atoms with Gasteiger partial charge in [0.05, 0.1) is 19.3 Å². The van der Waals surface area contributed by atoms with Gasteiger partial charge in [0.1, 0.15) is 0 Å². The highest BCUT2D eigenvalue weighted by atomic mass is 16.5. The molecule has 6 heteroatoms. The number of rotatable bonds is 6. The summed E-state index contributed by atoms with van der Waals surface area (Å²) in [7, 11) is 3.94. The Kier molecular flexibility index (Phi) is 7.59. The lowest BCUT2D eigenvalue weighted by atomic mass is 10.1. The van der Waals surface area contributed by atoms with Gasteiger partial charge in [-0.3, -0.25) is 9.89 Å². The molecule has 2 heterocycles. The van der Waals surface area contributed by atoms with Crippen LogP contribution < -0.4 is 5.32 Å². The molecule has 23 heavy (non-hydrogen) atoms. The summed E-state index contributed by atoms with van der Waals surface area (Å²) in [5.41, 5.74) is 0. The summed E-state index contributed by atoms with van der Waals surface area (Å²) in [6.07, 6.45) is 1.39. The van der Waals surface area contributed by atoms with Crippen LogP contribution in [0.1, 0.15) is 20.3 Å². The molecule has 0 aromatic carbocycles. The number of hydrogen-bond donors (Lipinski definition) is 1. The molecule has 2 unspecified atom stereocenters. The van der Waals surface area contributed by atoms with Crippen LogP contribution in [-0.4, -0.2) is 88.5 Å². The van der Waals surface area contributed by atoms with Crippen LogP contribution in [0.4, 0.5) is 0 Å². The van der Waals surface area contributed by atoms with Gasteiger partial charge in [-0.1, -0.05) is 13.8 Å². The third-order valence-corrected chi connectivity index (χ3v) is 4.46. The van der Waals surface area contributed by atoms with Gasteiger partial charge in [0, 0.05) is 59.3 Å². The zero-order valence-electron chi connectivity index (χ0n) is 15.3. The highest BCUT2D eigenvalue weighted by molar-refractivity contribution is 5.79. The summed E-state index contributed by atoms with van der Waals surface area (Å²) in [6.45, 7) is 12.1. The number of morpholine rings is 1. The van der Waals surface area contributed by atoms with E-state index < -0.39 is 0 Å². The summed E-state index contributed by atoms with van der Waals surface area (Å²) >= 11 is 0. The summed E-state index contributed by atoms with van der Waals surface area (Å²) in [5, 5.41) is 3.47. The minimum absolute atomic E-state index is 0.238. The van der Waals surface area contributed by atoms with E-state index >= 15 is 0 Å². The Morgan fingerprint density at radius 3 is 2.87 bits per heavy atom. The summed E-state index contributed by atoms with van der Waals surface area (Å²) in [5.74, 6) is 2.27. The van der Waals surface area contributed by atoms with Gasteiger partial charge in [0.25, 0.3) is 0 Å². The maximum absolute atomic E-state index is 5.90. The Labute approximate surface area is 141 Å². The standard InChI is InChI=1S/C17H34N4O2/c1-14(2)10-21-6-8-23-16(12-21)9-19-17(18-3)20(4)11-15-5-7-22-13-15/h14-16H,5-13H2,1-4H3,(H,18,19). The fourth-order valence-electron chi connectivity index (χ4n) is 3.38. The second kappa shape index (κ2) is 9.45. The number of hydrogen-bond acceptors (Lipinski definition) is 4. The van der Waals surface area contributed by atoms with Gasteiger partial charge in [0.2, 0.25) is 0 Å². The van der Waals surface area contributed by atoms with Crippen molar-refractivity contribution in [2.45, 2.75) is 26.4 Å². The topological polar surface area (TPSA) is 49.3 Å². The predicted molar refractivity (Wildman–Crippen MR) is 93.9 cm³/mol. The monoisotopic (exact) mass is 326 g/mol. The second-order valence-corrected chi connectivity index (χ2v) is 7.18. The number of nitrogens with one attached hydrogen (secondary N) is 1. The van der Waals surface area contributed by atoms with Crippen molar-refractivity contribution in [3.8, 4) is 0 Å². The largest absolute Gasteiger partial charge is 0.381 e. The third kappa shape index (κ3) is 6.28. The van der Waals surface area contributed by atoms with Crippen LogP contribution >= 0.6 is 0 Å². The average molecular weight is 326 g/mol. The van der Waals surface area contributed by atoms with Crippen LogP contribution in [0.15, 0.2) is 4.99 Å². The molecule has 134 valence electrons. The highest BCUT2D eigenvalue weighted by Crippen LogP contribution is 2.13. The predicted octanol–water partition coefficient (Wildman–Crippen LogP) is 0.887. The lowest BCUT2D eigenvalue weighted by Crippen LogP contribution is -2.50. The third-order valence-electron chi connectivity index (χ3n) is 4.46. The first-order valence-corrected chi connectivity index (χ1v) is 8.92. The molecule has 2 aliphatic rings. The molecule has 0 aromatic rings.